The molecule has 2 saturated heterocycles. The third-order valence-corrected chi connectivity index (χ3v) is 7.68. The maximum absolute atomic E-state index is 13.5. The molecule has 162 valence electrons. The highest BCUT2D eigenvalue weighted by atomic mass is 16.2. The van der Waals surface area contributed by atoms with Crippen molar-refractivity contribution in [2.45, 2.75) is 64.0 Å². The molecule has 0 bridgehead atoms. The second kappa shape index (κ2) is 8.10. The van der Waals surface area contributed by atoms with Crippen LogP contribution in [0.4, 0.5) is 0 Å². The van der Waals surface area contributed by atoms with Gasteiger partial charge < -0.3 is 9.80 Å². The van der Waals surface area contributed by atoms with Crippen molar-refractivity contribution in [2.75, 3.05) is 13.1 Å². The van der Waals surface area contributed by atoms with Gasteiger partial charge in [-0.25, -0.2) is 0 Å². The minimum Gasteiger partial charge on any atom is -0.337 e. The summed E-state index contributed by atoms with van der Waals surface area (Å²) in [4.78, 5) is 34.9. The number of aromatic nitrogens is 1. The third kappa shape index (κ3) is 3.35. The maximum Gasteiger partial charge on any atom is 0.272 e. The summed E-state index contributed by atoms with van der Waals surface area (Å²) in [7, 11) is 0. The smallest absolute Gasteiger partial charge is 0.272 e. The summed E-state index contributed by atoms with van der Waals surface area (Å²) in [6, 6.07) is 14.8. The summed E-state index contributed by atoms with van der Waals surface area (Å²) in [5.74, 6) is 0.362. The van der Waals surface area contributed by atoms with E-state index in [0.717, 1.165) is 44.1 Å². The molecule has 2 amide bonds. The molecule has 1 atom stereocenters. The minimum absolute atomic E-state index is 0.00912. The number of hydrogen-bond acceptors (Lipinski definition) is 3. The van der Waals surface area contributed by atoms with Crippen LogP contribution in [-0.2, 0) is 4.79 Å². The Bertz CT molecular complexity index is 960. The average Bonchev–Trinajstić information content (AvgIpc) is 2.83. The molecule has 1 aliphatic carbocycles. The number of hydrogen-bond donors (Lipinski definition) is 0. The lowest BCUT2D eigenvalue weighted by Gasteiger charge is -2.61. The molecule has 2 aliphatic heterocycles. The van der Waals surface area contributed by atoms with Crippen LogP contribution < -0.4 is 0 Å². The second-order valence-corrected chi connectivity index (χ2v) is 9.43. The Kier molecular flexibility index (Phi) is 5.28. The predicted octanol–water partition coefficient (Wildman–Crippen LogP) is 4.53. The number of aryl methyl sites for hydroxylation is 1. The van der Waals surface area contributed by atoms with Gasteiger partial charge in [-0.05, 0) is 49.8 Å². The Hall–Kier alpha value is -2.69. The highest BCUT2D eigenvalue weighted by Crippen LogP contribution is 2.59. The van der Waals surface area contributed by atoms with Gasteiger partial charge in [0.1, 0.15) is 5.69 Å². The summed E-state index contributed by atoms with van der Waals surface area (Å²) in [5.41, 5.74) is 2.53. The molecule has 0 radical (unpaired) electrons. The van der Waals surface area contributed by atoms with Crippen LogP contribution >= 0.6 is 0 Å². The van der Waals surface area contributed by atoms with Crippen molar-refractivity contribution in [2.24, 2.45) is 5.41 Å². The molecule has 1 aromatic heterocycles. The molecule has 1 saturated carbocycles. The van der Waals surface area contributed by atoms with E-state index >= 15 is 0 Å². The molecule has 2 aromatic rings. The first kappa shape index (κ1) is 20.2. The number of β-lactam (4-membered cyclic amide) rings is 1. The predicted molar refractivity (Wildman–Crippen MR) is 119 cm³/mol. The van der Waals surface area contributed by atoms with Crippen LogP contribution in [0.1, 0.15) is 72.6 Å². The lowest BCUT2D eigenvalue weighted by atomic mass is 9.59. The highest BCUT2D eigenvalue weighted by Gasteiger charge is 2.62. The second-order valence-electron chi connectivity index (χ2n) is 9.43. The Morgan fingerprint density at radius 3 is 2.39 bits per heavy atom. The number of amides is 2. The normalized spacial score (nSPS) is 23.6. The van der Waals surface area contributed by atoms with Crippen LogP contribution in [0, 0.1) is 12.3 Å². The van der Waals surface area contributed by atoms with E-state index in [0.29, 0.717) is 24.7 Å². The standard InChI is InChI=1S/C26H31N3O2/c1-19-9-8-16-27-22(19)24(30)28-17-12-21(13-18-28)29-23(20-10-4-2-5-11-20)26(25(29)31)14-6-3-7-15-26/h2,4-5,8-11,16,21,23H,3,6-7,12-15,17-18H2,1H3. The zero-order valence-corrected chi connectivity index (χ0v) is 18.3. The van der Waals surface area contributed by atoms with Gasteiger partial charge in [-0.2, -0.15) is 0 Å². The van der Waals surface area contributed by atoms with E-state index in [9.17, 15) is 9.59 Å². The van der Waals surface area contributed by atoms with Gasteiger partial charge in [0.25, 0.3) is 5.91 Å². The van der Waals surface area contributed by atoms with Crippen LogP contribution in [0.2, 0.25) is 0 Å². The molecule has 1 spiro atoms. The quantitative estimate of drug-likeness (QED) is 0.690. The number of benzene rings is 1. The summed E-state index contributed by atoms with van der Waals surface area (Å²) in [5, 5.41) is 0. The first-order valence-electron chi connectivity index (χ1n) is 11.7. The molecule has 5 nitrogen and oxygen atoms in total. The molecule has 3 heterocycles. The van der Waals surface area contributed by atoms with Crippen LogP contribution in [-0.4, -0.2) is 45.7 Å². The summed E-state index contributed by atoms with van der Waals surface area (Å²) in [6.07, 6.45) is 8.92. The fraction of sp³-hybridized carbons (Fsp3) is 0.500. The van der Waals surface area contributed by atoms with Gasteiger partial charge in [0.05, 0.1) is 11.5 Å². The first-order valence-corrected chi connectivity index (χ1v) is 11.7. The first-order chi connectivity index (χ1) is 15.1. The van der Waals surface area contributed by atoms with Crippen LogP contribution in [0.25, 0.3) is 0 Å². The van der Waals surface area contributed by atoms with Gasteiger partial charge in [-0.3, -0.25) is 14.6 Å². The van der Waals surface area contributed by atoms with Gasteiger partial charge in [-0.15, -0.1) is 0 Å². The molecule has 3 aliphatic rings. The van der Waals surface area contributed by atoms with Crippen molar-refractivity contribution in [1.29, 1.82) is 0 Å². The van der Waals surface area contributed by atoms with Crippen molar-refractivity contribution in [3.8, 4) is 0 Å². The van der Waals surface area contributed by atoms with Gasteiger partial charge in [0.2, 0.25) is 5.91 Å². The van der Waals surface area contributed by atoms with Crippen molar-refractivity contribution in [1.82, 2.24) is 14.8 Å². The lowest BCUT2D eigenvalue weighted by molar-refractivity contribution is -0.186. The van der Waals surface area contributed by atoms with Gasteiger partial charge in [0, 0.05) is 25.3 Å². The Morgan fingerprint density at radius 1 is 1.00 bits per heavy atom. The fourth-order valence-corrected chi connectivity index (χ4v) is 6.06. The number of pyridine rings is 1. The fourth-order valence-electron chi connectivity index (χ4n) is 6.06. The Morgan fingerprint density at radius 2 is 1.71 bits per heavy atom. The summed E-state index contributed by atoms with van der Waals surface area (Å²) in [6.45, 7) is 3.29. The van der Waals surface area contributed by atoms with Crippen molar-refractivity contribution in [3.63, 3.8) is 0 Å². The summed E-state index contributed by atoms with van der Waals surface area (Å²) >= 11 is 0. The zero-order chi connectivity index (χ0) is 21.4. The van der Waals surface area contributed by atoms with E-state index in [1.165, 1.54) is 12.0 Å². The SMILES string of the molecule is Cc1cccnc1C(=O)N1CCC(N2C(=O)C3(CCCCC3)C2c2ccccc2)CC1. The highest BCUT2D eigenvalue weighted by molar-refractivity contribution is 5.94. The topological polar surface area (TPSA) is 53.5 Å². The molecule has 31 heavy (non-hydrogen) atoms. The Balaban J connectivity index is 1.33. The van der Waals surface area contributed by atoms with Crippen molar-refractivity contribution < 1.29 is 9.59 Å². The van der Waals surface area contributed by atoms with Gasteiger partial charge >= 0.3 is 0 Å². The van der Waals surface area contributed by atoms with E-state index in [1.54, 1.807) is 6.20 Å². The van der Waals surface area contributed by atoms with Gasteiger partial charge in [0.15, 0.2) is 0 Å². The van der Waals surface area contributed by atoms with Crippen molar-refractivity contribution >= 4 is 11.8 Å². The Labute approximate surface area is 184 Å². The number of nitrogens with zero attached hydrogens (tertiary/aromatic N) is 3. The van der Waals surface area contributed by atoms with E-state index in [4.69, 9.17) is 0 Å². The minimum atomic E-state index is -0.197. The monoisotopic (exact) mass is 417 g/mol. The summed E-state index contributed by atoms with van der Waals surface area (Å²) < 4.78 is 0. The van der Waals surface area contributed by atoms with Crippen LogP contribution in [0.5, 0.6) is 0 Å². The number of carbonyl (C=O) groups excluding carboxylic acids is 2. The van der Waals surface area contributed by atoms with E-state index in [2.05, 4.69) is 34.1 Å². The molecule has 0 N–H and O–H groups in total. The van der Waals surface area contributed by atoms with Crippen LogP contribution in [0.3, 0.4) is 0 Å². The number of piperidine rings is 1. The van der Waals surface area contributed by atoms with E-state index in [-0.39, 0.29) is 23.4 Å². The third-order valence-electron chi connectivity index (χ3n) is 7.68. The molecular weight excluding hydrogens is 386 g/mol. The lowest BCUT2D eigenvalue weighted by Crippen LogP contribution is -2.67. The average molecular weight is 418 g/mol. The molecule has 5 heteroatoms. The molecule has 1 unspecified atom stereocenters. The van der Waals surface area contributed by atoms with E-state index < -0.39 is 0 Å². The van der Waals surface area contributed by atoms with E-state index in [1.807, 2.05) is 30.0 Å². The molecule has 5 rings (SSSR count). The number of carbonyl (C=O) groups is 2. The zero-order valence-electron chi connectivity index (χ0n) is 18.3. The van der Waals surface area contributed by atoms with Gasteiger partial charge in [-0.1, -0.05) is 55.7 Å². The van der Waals surface area contributed by atoms with Crippen molar-refractivity contribution in [3.05, 3.63) is 65.5 Å². The van der Waals surface area contributed by atoms with Crippen LogP contribution in [0.15, 0.2) is 48.7 Å². The largest absolute Gasteiger partial charge is 0.337 e. The molecule has 3 fully saturated rings. The maximum atomic E-state index is 13.5. The molecular formula is C26H31N3O2. The number of likely N-dealkylation sites (tertiary alicyclic amines) is 2. The molecule has 1 aromatic carbocycles. The number of rotatable bonds is 3.